The van der Waals surface area contributed by atoms with Gasteiger partial charge in [-0.2, -0.15) is 8.78 Å². The molecular weight excluding hydrogens is 300 g/mol. The standard InChI is InChI=1S/C14H21F2NO3S/c1-4-6-14(15,16)21(18)13-9-11(19-2)10(5-7-17)8-12(13)20-3/h8-9H,4-7,17H2,1-3H3. The van der Waals surface area contributed by atoms with Gasteiger partial charge in [0.1, 0.15) is 22.3 Å². The molecule has 0 saturated carbocycles. The number of benzene rings is 1. The van der Waals surface area contributed by atoms with Gasteiger partial charge in [0.25, 0.3) is 0 Å². The highest BCUT2D eigenvalue weighted by molar-refractivity contribution is 7.86. The SMILES string of the molecule is CCCC(F)(F)S(=O)c1cc(OC)c(CCN)cc1OC. The van der Waals surface area contributed by atoms with Crippen LogP contribution in [0.1, 0.15) is 25.3 Å². The molecule has 1 rings (SSSR count). The highest BCUT2D eigenvalue weighted by atomic mass is 32.2. The van der Waals surface area contributed by atoms with Crippen molar-refractivity contribution in [3.05, 3.63) is 17.7 Å². The summed E-state index contributed by atoms with van der Waals surface area (Å²) in [5.74, 6) is 0.547. The normalized spacial score (nSPS) is 13.0. The van der Waals surface area contributed by atoms with Crippen LogP contribution in [0.2, 0.25) is 0 Å². The number of hydrogen-bond acceptors (Lipinski definition) is 4. The molecule has 0 bridgehead atoms. The number of rotatable bonds is 8. The Hall–Kier alpha value is -1.21. The zero-order valence-corrected chi connectivity index (χ0v) is 13.3. The summed E-state index contributed by atoms with van der Waals surface area (Å²) in [6.45, 7) is 2.00. The summed E-state index contributed by atoms with van der Waals surface area (Å²) in [6.07, 6.45) is 0.302. The zero-order chi connectivity index (χ0) is 16.0. The van der Waals surface area contributed by atoms with Crippen LogP contribution in [0.4, 0.5) is 8.78 Å². The van der Waals surface area contributed by atoms with Crippen LogP contribution in [0.25, 0.3) is 0 Å². The van der Waals surface area contributed by atoms with Crippen LogP contribution < -0.4 is 15.2 Å². The highest BCUT2D eigenvalue weighted by Crippen LogP contribution is 2.37. The Kier molecular flexibility index (Phi) is 6.54. The van der Waals surface area contributed by atoms with E-state index in [1.165, 1.54) is 20.3 Å². The molecule has 1 aromatic rings. The predicted octanol–water partition coefficient (Wildman–Crippen LogP) is 2.71. The Bertz CT molecular complexity index is 509. The average molecular weight is 321 g/mol. The molecule has 120 valence electrons. The van der Waals surface area contributed by atoms with E-state index in [1.54, 1.807) is 13.0 Å². The maximum Gasteiger partial charge on any atom is 0.325 e. The molecule has 7 heteroatoms. The van der Waals surface area contributed by atoms with Gasteiger partial charge in [-0.15, -0.1) is 0 Å². The van der Waals surface area contributed by atoms with Crippen LogP contribution in [0.3, 0.4) is 0 Å². The Balaban J connectivity index is 3.31. The van der Waals surface area contributed by atoms with E-state index in [9.17, 15) is 13.0 Å². The lowest BCUT2D eigenvalue weighted by Gasteiger charge is -2.19. The van der Waals surface area contributed by atoms with Gasteiger partial charge >= 0.3 is 5.25 Å². The van der Waals surface area contributed by atoms with Crippen LogP contribution in [-0.2, 0) is 17.2 Å². The van der Waals surface area contributed by atoms with Gasteiger partial charge in [0.15, 0.2) is 0 Å². The molecule has 0 aromatic heterocycles. The molecule has 0 radical (unpaired) electrons. The average Bonchev–Trinajstić information content (AvgIpc) is 2.46. The van der Waals surface area contributed by atoms with Gasteiger partial charge in [0.2, 0.25) is 0 Å². The van der Waals surface area contributed by atoms with Gasteiger partial charge in [-0.05, 0) is 31.0 Å². The summed E-state index contributed by atoms with van der Waals surface area (Å²) in [5, 5.41) is -3.30. The first-order valence-electron chi connectivity index (χ1n) is 6.65. The summed E-state index contributed by atoms with van der Waals surface area (Å²) in [5.41, 5.74) is 6.24. The number of nitrogens with two attached hydrogens (primary N) is 1. The summed E-state index contributed by atoms with van der Waals surface area (Å²) in [7, 11) is 0.284. The molecule has 0 saturated heterocycles. The largest absolute Gasteiger partial charge is 0.496 e. The predicted molar refractivity (Wildman–Crippen MR) is 78.6 cm³/mol. The fourth-order valence-corrected chi connectivity index (χ4v) is 3.22. The Labute approximate surface area is 126 Å². The number of ether oxygens (including phenoxy) is 2. The zero-order valence-electron chi connectivity index (χ0n) is 12.4. The van der Waals surface area contributed by atoms with Crippen molar-refractivity contribution in [1.29, 1.82) is 0 Å². The third-order valence-electron chi connectivity index (χ3n) is 2.99. The van der Waals surface area contributed by atoms with Crippen molar-refractivity contribution in [1.82, 2.24) is 0 Å². The van der Waals surface area contributed by atoms with Gasteiger partial charge in [-0.1, -0.05) is 6.92 Å². The van der Waals surface area contributed by atoms with E-state index in [4.69, 9.17) is 15.2 Å². The summed E-state index contributed by atoms with van der Waals surface area (Å²) < 4.78 is 50.2. The van der Waals surface area contributed by atoms with Crippen LogP contribution in [0, 0.1) is 0 Å². The topological polar surface area (TPSA) is 61.5 Å². The molecule has 0 fully saturated rings. The lowest BCUT2D eigenvalue weighted by Crippen LogP contribution is -2.23. The monoisotopic (exact) mass is 321 g/mol. The van der Waals surface area contributed by atoms with E-state index in [0.29, 0.717) is 18.7 Å². The molecule has 0 spiro atoms. The maximum atomic E-state index is 13.9. The van der Waals surface area contributed by atoms with Gasteiger partial charge in [-0.25, -0.2) is 4.21 Å². The number of methoxy groups -OCH3 is 2. The van der Waals surface area contributed by atoms with E-state index in [2.05, 4.69) is 0 Å². The van der Waals surface area contributed by atoms with Crippen molar-refractivity contribution < 1.29 is 22.5 Å². The van der Waals surface area contributed by atoms with E-state index >= 15 is 0 Å². The first-order valence-corrected chi connectivity index (χ1v) is 7.80. The minimum absolute atomic E-state index is 0.0615. The lowest BCUT2D eigenvalue weighted by molar-refractivity contribution is 0.0877. The van der Waals surface area contributed by atoms with Gasteiger partial charge in [-0.3, -0.25) is 0 Å². The minimum Gasteiger partial charge on any atom is -0.496 e. The van der Waals surface area contributed by atoms with Crippen LogP contribution in [-0.4, -0.2) is 30.2 Å². The van der Waals surface area contributed by atoms with Crippen molar-refractivity contribution in [2.75, 3.05) is 20.8 Å². The van der Waals surface area contributed by atoms with Crippen molar-refractivity contribution in [2.45, 2.75) is 36.3 Å². The second kappa shape index (κ2) is 7.70. The lowest BCUT2D eigenvalue weighted by atomic mass is 10.1. The molecule has 21 heavy (non-hydrogen) atoms. The van der Waals surface area contributed by atoms with Crippen LogP contribution in [0.15, 0.2) is 17.0 Å². The summed E-state index contributed by atoms with van der Waals surface area (Å²) in [6, 6.07) is 2.91. The summed E-state index contributed by atoms with van der Waals surface area (Å²) >= 11 is 0. The number of alkyl halides is 2. The third-order valence-corrected chi connectivity index (χ3v) is 4.46. The molecule has 2 N–H and O–H groups in total. The first kappa shape index (κ1) is 17.8. The second-order valence-corrected chi connectivity index (χ2v) is 6.08. The smallest absolute Gasteiger partial charge is 0.325 e. The Morgan fingerprint density at radius 3 is 2.33 bits per heavy atom. The molecule has 4 nitrogen and oxygen atoms in total. The molecule has 0 aliphatic rings. The van der Waals surface area contributed by atoms with E-state index in [-0.39, 0.29) is 17.1 Å². The van der Waals surface area contributed by atoms with E-state index < -0.39 is 22.5 Å². The molecule has 0 aliphatic carbocycles. The number of halogens is 2. The van der Waals surface area contributed by atoms with Crippen molar-refractivity contribution >= 4 is 10.8 Å². The van der Waals surface area contributed by atoms with Crippen LogP contribution >= 0.6 is 0 Å². The second-order valence-electron chi connectivity index (χ2n) is 4.51. The molecule has 1 unspecified atom stereocenters. The van der Waals surface area contributed by atoms with Gasteiger partial charge in [0.05, 0.1) is 19.1 Å². The molecule has 0 amide bonds. The molecule has 0 heterocycles. The van der Waals surface area contributed by atoms with Crippen molar-refractivity contribution in [3.63, 3.8) is 0 Å². The molecule has 1 atom stereocenters. The van der Waals surface area contributed by atoms with Crippen molar-refractivity contribution in [2.24, 2.45) is 5.73 Å². The summed E-state index contributed by atoms with van der Waals surface area (Å²) in [4.78, 5) is -0.0615. The molecular formula is C14H21F2NO3S. The van der Waals surface area contributed by atoms with E-state index in [1.807, 2.05) is 0 Å². The minimum atomic E-state index is -3.30. The number of hydrogen-bond donors (Lipinski definition) is 1. The quantitative estimate of drug-likeness (QED) is 0.800. The van der Waals surface area contributed by atoms with Crippen LogP contribution in [0.5, 0.6) is 11.5 Å². The van der Waals surface area contributed by atoms with Gasteiger partial charge < -0.3 is 15.2 Å². The maximum absolute atomic E-state index is 13.9. The third kappa shape index (κ3) is 4.14. The fourth-order valence-electron chi connectivity index (χ4n) is 1.97. The van der Waals surface area contributed by atoms with Gasteiger partial charge in [0, 0.05) is 12.5 Å². The first-order chi connectivity index (χ1) is 9.91. The van der Waals surface area contributed by atoms with E-state index in [0.717, 1.165) is 5.56 Å². The fraction of sp³-hybridized carbons (Fsp3) is 0.571. The molecule has 0 aliphatic heterocycles. The highest BCUT2D eigenvalue weighted by Gasteiger charge is 2.38. The Morgan fingerprint density at radius 2 is 1.86 bits per heavy atom. The molecule has 1 aromatic carbocycles. The van der Waals surface area contributed by atoms with Crippen molar-refractivity contribution in [3.8, 4) is 11.5 Å². The Morgan fingerprint density at radius 1 is 1.24 bits per heavy atom.